The van der Waals surface area contributed by atoms with Gasteiger partial charge < -0.3 is 23.4 Å². The summed E-state index contributed by atoms with van der Waals surface area (Å²) < 4.78 is 13.0. The van der Waals surface area contributed by atoms with Gasteiger partial charge in [0.1, 0.15) is 0 Å². The quantitative estimate of drug-likeness (QED) is 0.159. The number of nitrogens with zero attached hydrogens (tertiary/aromatic N) is 4. The predicted molar refractivity (Wildman–Crippen MR) is 480 cm³/mol. The normalized spacial score (nSPS) is 14.3. The summed E-state index contributed by atoms with van der Waals surface area (Å²) in [6.07, 6.45) is 0. The van der Waals surface area contributed by atoms with Crippen molar-refractivity contribution in [1.82, 2.24) is 9.13 Å². The average molecular weight is 1460 g/mol. The van der Waals surface area contributed by atoms with Gasteiger partial charge in [0.25, 0.3) is 0 Å². The lowest BCUT2D eigenvalue weighted by atomic mass is 9.73. The van der Waals surface area contributed by atoms with Gasteiger partial charge in [-0.2, -0.15) is 0 Å². The van der Waals surface area contributed by atoms with E-state index in [9.17, 15) is 0 Å². The zero-order chi connectivity index (χ0) is 78.6. The molecule has 112 heavy (non-hydrogen) atoms. The molecule has 2 aliphatic heterocycles. The van der Waals surface area contributed by atoms with Gasteiger partial charge in [-0.05, 0) is 231 Å². The van der Waals surface area contributed by atoms with Gasteiger partial charge in [-0.15, -0.1) is 0 Å². The number of furan rings is 1. The lowest BCUT2D eigenvalue weighted by molar-refractivity contribution is 0.569. The van der Waals surface area contributed by atoms with Crippen LogP contribution in [0.15, 0.2) is 259 Å². The van der Waals surface area contributed by atoms with E-state index in [0.29, 0.717) is 0 Å². The fourth-order valence-corrected chi connectivity index (χ4v) is 17.9. The Morgan fingerprint density at radius 2 is 0.607 bits per heavy atom. The first-order valence-corrected chi connectivity index (χ1v) is 40.6. The van der Waals surface area contributed by atoms with Crippen molar-refractivity contribution < 1.29 is 4.42 Å². The minimum atomic E-state index is -0.314. The van der Waals surface area contributed by atoms with Crippen molar-refractivity contribution in [2.24, 2.45) is 0 Å². The molecule has 0 aliphatic carbocycles. The fraction of sp³-hybridized carbons (Fsp3) is 0.271. The molecular weight excluding hydrogens is 1360 g/mol. The highest BCUT2D eigenvalue weighted by atomic mass is 16.3. The molecular formula is C107H106N4O. The van der Waals surface area contributed by atoms with Gasteiger partial charge >= 0.3 is 0 Å². The van der Waals surface area contributed by atoms with Crippen LogP contribution in [0.1, 0.15) is 207 Å². The van der Waals surface area contributed by atoms with Gasteiger partial charge in [-0.25, -0.2) is 0 Å². The van der Waals surface area contributed by atoms with Gasteiger partial charge in [0.05, 0.1) is 56.2 Å². The third-order valence-electron chi connectivity index (χ3n) is 24.5. The van der Waals surface area contributed by atoms with Crippen LogP contribution < -0.4 is 9.80 Å². The molecule has 0 saturated carbocycles. The second kappa shape index (κ2) is 25.2. The number of rotatable bonds is 7. The van der Waals surface area contributed by atoms with E-state index >= 15 is 0 Å². The summed E-state index contributed by atoms with van der Waals surface area (Å²) in [5.74, 6) is -0.215. The van der Waals surface area contributed by atoms with Crippen LogP contribution >= 0.6 is 0 Å². The van der Waals surface area contributed by atoms with Crippen molar-refractivity contribution >= 4 is 99.7 Å². The van der Waals surface area contributed by atoms with Crippen molar-refractivity contribution in [3.8, 4) is 44.8 Å². The number of hydrogen-bond donors (Lipinski definition) is 0. The molecule has 1 atom stereocenters. The molecule has 3 aromatic heterocycles. The maximum Gasteiger partial charge on any atom is 0.159 e. The van der Waals surface area contributed by atoms with E-state index in [1.54, 1.807) is 0 Å². The van der Waals surface area contributed by atoms with E-state index in [1.807, 2.05) is 0 Å². The molecule has 5 heteroatoms. The molecule has 0 amide bonds. The van der Waals surface area contributed by atoms with Crippen LogP contribution in [0.3, 0.4) is 0 Å². The highest BCUT2D eigenvalue weighted by Crippen LogP contribution is 2.63. The third kappa shape index (κ3) is 12.0. The Morgan fingerprint density at radius 3 is 1.05 bits per heavy atom. The Bertz CT molecular complexity index is 6300. The molecule has 0 fully saturated rings. The lowest BCUT2D eigenvalue weighted by Crippen LogP contribution is -2.30. The monoisotopic (exact) mass is 1460 g/mol. The van der Waals surface area contributed by atoms with Crippen LogP contribution in [0.25, 0.3) is 110 Å². The summed E-state index contributed by atoms with van der Waals surface area (Å²) >= 11 is 0. The number of para-hydroxylation sites is 2. The summed E-state index contributed by atoms with van der Waals surface area (Å²) in [7, 11) is 0. The minimum Gasteiger partial charge on any atom is -0.452 e. The van der Waals surface area contributed by atoms with E-state index in [4.69, 9.17) is 4.42 Å². The van der Waals surface area contributed by atoms with Gasteiger partial charge in [0.2, 0.25) is 0 Å². The van der Waals surface area contributed by atoms with E-state index in [-0.39, 0.29) is 43.8 Å². The first kappa shape index (κ1) is 72.4. The highest BCUT2D eigenvalue weighted by Gasteiger charge is 2.44. The molecule has 1 unspecified atom stereocenters. The third-order valence-corrected chi connectivity index (χ3v) is 24.5. The molecule has 5 heterocycles. The smallest absolute Gasteiger partial charge is 0.159 e. The average Bonchev–Trinajstić information content (AvgIpc) is 0.815. The van der Waals surface area contributed by atoms with E-state index < -0.39 is 0 Å². The molecule has 13 aromatic carbocycles. The van der Waals surface area contributed by atoms with Crippen LogP contribution in [0, 0.1) is 0 Å². The van der Waals surface area contributed by atoms with E-state index in [0.717, 1.165) is 101 Å². The Balaban J connectivity index is 0.953. The molecule has 16 aromatic rings. The van der Waals surface area contributed by atoms with Crippen molar-refractivity contribution in [1.29, 1.82) is 0 Å². The standard InChI is InChI=1S/C107H106N4O/c1-101(2,3)70-39-46-87-83(57-70)84-58-71(102(4,5)6)40-47-88(84)108(87)77-43-45-82-94(63-77)109(78-53-67(64-30-24-22-25-31-64)50-68(54-78)65-32-26-23-27-33-65)95-61-76(107(19,20)21)62-96-98(95)97(82)81-44-38-66(69-51-74(105(13,14)15)56-75(52-69)106(16,17)18)55-93(81)111(96)92-37-29-35-80-79-34-28-36-91(99(79)112-100(80)92)110-89-48-41-72(103(7,8)9)59-85(89)86-60-73(104(10,11)12)42-49-90(86)110/h22-63,97H,1-21H3. The zero-order valence-electron chi connectivity index (χ0n) is 69.5. The Hall–Kier alpha value is -11.1. The summed E-state index contributed by atoms with van der Waals surface area (Å²) in [4.78, 5) is 5.28. The zero-order valence-corrected chi connectivity index (χ0v) is 69.5. The molecule has 0 spiro atoms. The summed E-state index contributed by atoms with van der Waals surface area (Å²) in [6, 6.07) is 99.0. The molecule has 0 saturated heterocycles. The Morgan fingerprint density at radius 1 is 0.223 bits per heavy atom. The minimum absolute atomic E-state index is 0.0435. The molecule has 2 aliphatic rings. The number of anilines is 6. The topological polar surface area (TPSA) is 29.5 Å². The number of aromatic nitrogens is 2. The maximum atomic E-state index is 7.93. The summed E-state index contributed by atoms with van der Waals surface area (Å²) in [5, 5.41) is 7.16. The molecule has 0 radical (unpaired) electrons. The second-order valence-corrected chi connectivity index (χ2v) is 39.6. The van der Waals surface area contributed by atoms with Crippen LogP contribution in [-0.4, -0.2) is 9.13 Å². The number of benzene rings is 13. The maximum absolute atomic E-state index is 7.93. The fourth-order valence-electron chi connectivity index (χ4n) is 17.9. The second-order valence-electron chi connectivity index (χ2n) is 39.6. The lowest BCUT2D eigenvalue weighted by Gasteiger charge is -2.46. The highest BCUT2D eigenvalue weighted by molar-refractivity contribution is 6.16. The SMILES string of the molecule is CC(C)(C)c1cc(-c2ccc3c(c2)N(c2cccc4c2oc2c(-n5c6ccc(C(C)(C)C)cc6c6cc(C(C)(C)C)ccc65)cccc24)c2cc(C(C)(C)C)cc4c2C3c2ccc(-n3c5ccc(C(C)(C)C)cc5c5cc(C(C)(C)C)ccc53)cc2N4c2cc(-c3ccccc3)cc(-c3ccccc3)c2)cc(C(C)(C)C)c1. The van der Waals surface area contributed by atoms with Crippen LogP contribution in [0.2, 0.25) is 0 Å². The van der Waals surface area contributed by atoms with Crippen LogP contribution in [0.5, 0.6) is 0 Å². The van der Waals surface area contributed by atoms with Gasteiger partial charge in [-0.1, -0.05) is 291 Å². The van der Waals surface area contributed by atoms with Crippen molar-refractivity contribution in [2.45, 2.75) is 189 Å². The molecule has 0 bridgehead atoms. The van der Waals surface area contributed by atoms with Crippen LogP contribution in [0.4, 0.5) is 34.1 Å². The van der Waals surface area contributed by atoms with E-state index in [2.05, 4.69) is 419 Å². The first-order valence-electron chi connectivity index (χ1n) is 40.6. The largest absolute Gasteiger partial charge is 0.452 e. The van der Waals surface area contributed by atoms with Gasteiger partial charge in [0.15, 0.2) is 11.2 Å². The van der Waals surface area contributed by atoms with Crippen molar-refractivity contribution in [2.75, 3.05) is 9.80 Å². The molecule has 5 nitrogen and oxygen atoms in total. The summed E-state index contributed by atoms with van der Waals surface area (Å²) in [6.45, 7) is 49.2. The first-order chi connectivity index (χ1) is 52.9. The Kier molecular flexibility index (Phi) is 16.3. The molecule has 18 rings (SSSR count). The predicted octanol–water partition coefficient (Wildman–Crippen LogP) is 30.6. The van der Waals surface area contributed by atoms with Crippen molar-refractivity contribution in [3.63, 3.8) is 0 Å². The van der Waals surface area contributed by atoms with Crippen molar-refractivity contribution in [3.05, 3.63) is 310 Å². The molecule has 0 N–H and O–H groups in total. The Labute approximate surface area is 663 Å². The van der Waals surface area contributed by atoms with Crippen LogP contribution in [-0.2, 0) is 37.9 Å². The number of fused-ring (bicyclic) bond motifs is 13. The van der Waals surface area contributed by atoms with Gasteiger partial charge in [0, 0.05) is 55.2 Å². The molecule has 560 valence electrons. The van der Waals surface area contributed by atoms with E-state index in [1.165, 1.54) is 99.3 Å². The number of hydrogen-bond acceptors (Lipinski definition) is 3. The van der Waals surface area contributed by atoms with Gasteiger partial charge in [-0.3, -0.25) is 0 Å². The summed E-state index contributed by atoms with van der Waals surface area (Å²) in [5.41, 5.74) is 34.2.